The van der Waals surface area contributed by atoms with Crippen molar-refractivity contribution in [1.29, 1.82) is 0 Å². The number of thiophene rings is 2. The molecular formula is C21H23N3O2S2. The fourth-order valence-electron chi connectivity index (χ4n) is 4.66. The van der Waals surface area contributed by atoms with Crippen molar-refractivity contribution in [2.24, 2.45) is 0 Å². The normalized spacial score (nSPS) is 21.9. The van der Waals surface area contributed by atoms with Crippen LogP contribution in [0.1, 0.15) is 55.2 Å². The van der Waals surface area contributed by atoms with Crippen LogP contribution in [0.25, 0.3) is 11.5 Å². The Morgan fingerprint density at radius 3 is 2.82 bits per heavy atom. The van der Waals surface area contributed by atoms with Gasteiger partial charge in [-0.2, -0.15) is 11.3 Å². The Hall–Kier alpha value is -1.99. The number of hydrogen-bond donors (Lipinski definition) is 0. The molecule has 2 aliphatic rings. The standard InChI is InChI=1S/C21H23N3O2S2/c25-20(21(8-1-2-9-21)17-6-4-11-28-17)24-10-3-5-15(13-24)18-22-23-19(26-18)16-7-12-27-14-16/h4,6-7,11-12,14-15H,1-3,5,8-10,13H2/t15-/m1/s1. The molecule has 0 bridgehead atoms. The third-order valence-electron chi connectivity index (χ3n) is 6.13. The van der Waals surface area contributed by atoms with Crippen LogP contribution in [0, 0.1) is 0 Å². The molecule has 1 saturated carbocycles. The van der Waals surface area contributed by atoms with Gasteiger partial charge in [0.1, 0.15) is 0 Å². The summed E-state index contributed by atoms with van der Waals surface area (Å²) in [6.07, 6.45) is 6.17. The van der Waals surface area contributed by atoms with Crippen LogP contribution < -0.4 is 0 Å². The van der Waals surface area contributed by atoms with Crippen molar-refractivity contribution >= 4 is 28.6 Å². The summed E-state index contributed by atoms with van der Waals surface area (Å²) in [5, 5.41) is 14.6. The molecule has 2 fully saturated rings. The van der Waals surface area contributed by atoms with Crippen molar-refractivity contribution in [3.8, 4) is 11.5 Å². The van der Waals surface area contributed by atoms with Crippen molar-refractivity contribution in [3.05, 3.63) is 45.1 Å². The molecule has 146 valence electrons. The molecule has 1 aliphatic heterocycles. The average molecular weight is 414 g/mol. The van der Waals surface area contributed by atoms with Gasteiger partial charge in [-0.15, -0.1) is 21.5 Å². The minimum absolute atomic E-state index is 0.124. The molecule has 0 unspecified atom stereocenters. The Kier molecular flexibility index (Phi) is 4.80. The van der Waals surface area contributed by atoms with Gasteiger partial charge in [-0.1, -0.05) is 18.9 Å². The fraction of sp³-hybridized carbons (Fsp3) is 0.476. The van der Waals surface area contributed by atoms with Gasteiger partial charge in [0.15, 0.2) is 0 Å². The highest BCUT2D eigenvalue weighted by molar-refractivity contribution is 7.10. The van der Waals surface area contributed by atoms with E-state index in [4.69, 9.17) is 4.42 Å². The van der Waals surface area contributed by atoms with Gasteiger partial charge in [0, 0.05) is 28.9 Å². The van der Waals surface area contributed by atoms with E-state index >= 15 is 0 Å². The second-order valence-corrected chi connectivity index (χ2v) is 9.54. The molecule has 1 amide bonds. The number of nitrogens with zero attached hydrogens (tertiary/aromatic N) is 3. The zero-order valence-corrected chi connectivity index (χ0v) is 17.3. The predicted octanol–water partition coefficient (Wildman–Crippen LogP) is 5.08. The first-order valence-corrected chi connectivity index (χ1v) is 11.8. The molecule has 7 heteroatoms. The Morgan fingerprint density at radius 1 is 1.18 bits per heavy atom. The monoisotopic (exact) mass is 413 g/mol. The topological polar surface area (TPSA) is 59.2 Å². The Bertz CT molecular complexity index is 927. The van der Waals surface area contributed by atoms with E-state index in [9.17, 15) is 4.79 Å². The molecule has 1 aliphatic carbocycles. The van der Waals surface area contributed by atoms with Gasteiger partial charge in [0.05, 0.1) is 11.3 Å². The molecule has 4 heterocycles. The maximum absolute atomic E-state index is 13.7. The van der Waals surface area contributed by atoms with E-state index in [1.54, 1.807) is 22.7 Å². The first-order valence-electron chi connectivity index (χ1n) is 9.96. The van der Waals surface area contributed by atoms with E-state index in [1.165, 1.54) is 4.88 Å². The predicted molar refractivity (Wildman–Crippen MR) is 111 cm³/mol. The zero-order valence-electron chi connectivity index (χ0n) is 15.7. The maximum Gasteiger partial charge on any atom is 0.248 e. The number of piperidine rings is 1. The highest BCUT2D eigenvalue weighted by atomic mass is 32.1. The molecule has 3 aromatic heterocycles. The molecule has 28 heavy (non-hydrogen) atoms. The molecule has 1 saturated heterocycles. The summed E-state index contributed by atoms with van der Waals surface area (Å²) in [6.45, 7) is 1.51. The fourth-order valence-corrected chi connectivity index (χ4v) is 6.27. The lowest BCUT2D eigenvalue weighted by molar-refractivity contribution is -0.138. The van der Waals surface area contributed by atoms with Crippen molar-refractivity contribution in [2.45, 2.75) is 49.9 Å². The van der Waals surface area contributed by atoms with E-state index in [1.807, 2.05) is 16.8 Å². The van der Waals surface area contributed by atoms with Crippen molar-refractivity contribution in [1.82, 2.24) is 15.1 Å². The Balaban J connectivity index is 1.36. The molecule has 5 rings (SSSR count). The first kappa shape index (κ1) is 18.1. The van der Waals surface area contributed by atoms with Gasteiger partial charge in [-0.25, -0.2) is 0 Å². The number of rotatable bonds is 4. The minimum Gasteiger partial charge on any atom is -0.420 e. The SMILES string of the molecule is O=C(N1CCC[C@@H](c2nnc(-c3ccsc3)o2)C1)C1(c2cccs2)CCCC1. The van der Waals surface area contributed by atoms with Crippen LogP contribution in [-0.2, 0) is 10.2 Å². The average Bonchev–Trinajstić information content (AvgIpc) is 3.52. The number of hydrogen-bond acceptors (Lipinski definition) is 6. The molecule has 0 N–H and O–H groups in total. The van der Waals surface area contributed by atoms with Crippen LogP contribution in [0.5, 0.6) is 0 Å². The number of likely N-dealkylation sites (tertiary alicyclic amines) is 1. The summed E-state index contributed by atoms with van der Waals surface area (Å²) >= 11 is 3.34. The van der Waals surface area contributed by atoms with Gasteiger partial charge in [-0.3, -0.25) is 4.79 Å². The third kappa shape index (κ3) is 3.10. The molecular weight excluding hydrogens is 390 g/mol. The Labute approximate surface area is 172 Å². The van der Waals surface area contributed by atoms with Crippen LogP contribution in [0.4, 0.5) is 0 Å². The molecule has 3 aromatic rings. The Morgan fingerprint density at radius 2 is 2.07 bits per heavy atom. The summed E-state index contributed by atoms with van der Waals surface area (Å²) in [7, 11) is 0. The summed E-state index contributed by atoms with van der Waals surface area (Å²) in [6, 6.07) is 6.20. The number of carbonyl (C=O) groups is 1. The minimum atomic E-state index is -0.313. The molecule has 0 spiro atoms. The van der Waals surface area contributed by atoms with Crippen LogP contribution in [-0.4, -0.2) is 34.1 Å². The zero-order chi connectivity index (χ0) is 19.0. The van der Waals surface area contributed by atoms with Crippen LogP contribution >= 0.6 is 22.7 Å². The summed E-state index contributed by atoms with van der Waals surface area (Å²) in [5.41, 5.74) is 0.655. The lowest BCUT2D eigenvalue weighted by Gasteiger charge is -2.38. The quantitative estimate of drug-likeness (QED) is 0.599. The van der Waals surface area contributed by atoms with Crippen LogP contribution in [0.2, 0.25) is 0 Å². The molecule has 5 nitrogen and oxygen atoms in total. The molecule has 0 aromatic carbocycles. The highest BCUT2D eigenvalue weighted by Crippen LogP contribution is 2.45. The van der Waals surface area contributed by atoms with E-state index in [0.717, 1.165) is 50.6 Å². The largest absolute Gasteiger partial charge is 0.420 e. The van der Waals surface area contributed by atoms with Crippen LogP contribution in [0.15, 0.2) is 38.8 Å². The van der Waals surface area contributed by atoms with Crippen LogP contribution in [0.3, 0.4) is 0 Å². The molecule has 1 atom stereocenters. The van der Waals surface area contributed by atoms with Crippen molar-refractivity contribution < 1.29 is 9.21 Å². The summed E-state index contributed by atoms with van der Waals surface area (Å²) in [5.74, 6) is 1.66. The van der Waals surface area contributed by atoms with Gasteiger partial charge >= 0.3 is 0 Å². The number of aromatic nitrogens is 2. The van der Waals surface area contributed by atoms with Crippen molar-refractivity contribution in [3.63, 3.8) is 0 Å². The highest BCUT2D eigenvalue weighted by Gasteiger charge is 2.46. The smallest absolute Gasteiger partial charge is 0.248 e. The van der Waals surface area contributed by atoms with Gasteiger partial charge in [0.25, 0.3) is 0 Å². The molecule has 0 radical (unpaired) electrons. The summed E-state index contributed by atoms with van der Waals surface area (Å²) < 4.78 is 5.97. The first-order chi connectivity index (χ1) is 13.8. The second-order valence-electron chi connectivity index (χ2n) is 7.81. The van der Waals surface area contributed by atoms with Crippen molar-refractivity contribution in [2.75, 3.05) is 13.1 Å². The lowest BCUT2D eigenvalue weighted by atomic mass is 9.82. The third-order valence-corrected chi connectivity index (χ3v) is 7.88. The van der Waals surface area contributed by atoms with Gasteiger partial charge < -0.3 is 9.32 Å². The van der Waals surface area contributed by atoms with Gasteiger partial charge in [0.2, 0.25) is 17.7 Å². The maximum atomic E-state index is 13.7. The number of carbonyl (C=O) groups excluding carboxylic acids is 1. The van der Waals surface area contributed by atoms with E-state index < -0.39 is 0 Å². The number of amides is 1. The summed E-state index contributed by atoms with van der Waals surface area (Å²) in [4.78, 5) is 17.0. The van der Waals surface area contributed by atoms with E-state index in [0.29, 0.717) is 24.2 Å². The second kappa shape index (κ2) is 7.44. The van der Waals surface area contributed by atoms with E-state index in [-0.39, 0.29) is 11.3 Å². The lowest BCUT2D eigenvalue weighted by Crippen LogP contribution is -2.48. The van der Waals surface area contributed by atoms with Gasteiger partial charge in [-0.05, 0) is 48.6 Å². The van der Waals surface area contributed by atoms with E-state index in [2.05, 4.69) is 32.6 Å².